The van der Waals surface area contributed by atoms with Gasteiger partial charge in [-0.2, -0.15) is 0 Å². The third-order valence-corrected chi connectivity index (χ3v) is 1.97. The molecule has 0 radical (unpaired) electrons. The van der Waals surface area contributed by atoms with E-state index in [1.807, 2.05) is 54.6 Å². The predicted molar refractivity (Wildman–Crippen MR) is 71.1 cm³/mol. The van der Waals surface area contributed by atoms with Gasteiger partial charge in [0.25, 0.3) is 0 Å². The summed E-state index contributed by atoms with van der Waals surface area (Å²) in [4.78, 5) is 0. The van der Waals surface area contributed by atoms with Gasteiger partial charge in [-0.3, -0.25) is 8.42 Å². The van der Waals surface area contributed by atoms with Crippen LogP contribution in [0, 0.1) is 0 Å². The van der Waals surface area contributed by atoms with Crippen molar-refractivity contribution < 1.29 is 17.5 Å². The molecule has 0 unspecified atom stereocenters. The Morgan fingerprint density at radius 3 is 1.74 bits per heavy atom. The van der Waals surface area contributed by atoms with Gasteiger partial charge in [0, 0.05) is 27.5 Å². The van der Waals surface area contributed by atoms with E-state index >= 15 is 0 Å². The summed E-state index contributed by atoms with van der Waals surface area (Å²) in [5.41, 5.74) is 8.50. The highest BCUT2D eigenvalue weighted by Crippen LogP contribution is 2.16. The third kappa shape index (κ3) is 7.77. The summed E-state index contributed by atoms with van der Waals surface area (Å²) < 4.78 is 34.1. The van der Waals surface area contributed by atoms with Crippen LogP contribution in [0.4, 0.5) is 17.1 Å². The number of nitrogen functional groups attached to an aromatic ring is 1. The van der Waals surface area contributed by atoms with Gasteiger partial charge in [-0.25, -0.2) is 0 Å². The zero-order chi connectivity index (χ0) is 14.3. The van der Waals surface area contributed by atoms with E-state index in [9.17, 15) is 0 Å². The van der Waals surface area contributed by atoms with Crippen LogP contribution in [0.15, 0.2) is 54.6 Å². The molecule has 2 aromatic rings. The van der Waals surface area contributed by atoms with Crippen LogP contribution in [0.2, 0.25) is 0 Å². The summed E-state index contributed by atoms with van der Waals surface area (Å²) in [5, 5.41) is 3.28. The zero-order valence-electron chi connectivity index (χ0n) is 9.81. The molecular formula is C12H12N2O4S-2. The monoisotopic (exact) mass is 280 g/mol. The van der Waals surface area contributed by atoms with E-state index in [1.165, 1.54) is 0 Å². The molecule has 0 saturated carbocycles. The minimum atomic E-state index is -5.17. The molecule has 2 rings (SSSR count). The van der Waals surface area contributed by atoms with E-state index in [0.717, 1.165) is 17.1 Å². The molecular weight excluding hydrogens is 268 g/mol. The largest absolute Gasteiger partial charge is 0.759 e. The van der Waals surface area contributed by atoms with Gasteiger partial charge in [0.05, 0.1) is 0 Å². The first-order valence-corrected chi connectivity index (χ1v) is 6.52. The van der Waals surface area contributed by atoms with Crippen molar-refractivity contribution in [2.45, 2.75) is 0 Å². The van der Waals surface area contributed by atoms with E-state index in [0.29, 0.717) is 0 Å². The fourth-order valence-corrected chi connectivity index (χ4v) is 1.25. The molecule has 0 aliphatic heterocycles. The Morgan fingerprint density at radius 1 is 0.842 bits per heavy atom. The first-order chi connectivity index (χ1) is 8.84. The summed E-state index contributed by atoms with van der Waals surface area (Å²) in [6, 6.07) is 17.7. The summed E-state index contributed by atoms with van der Waals surface area (Å²) in [6.07, 6.45) is 0. The zero-order valence-corrected chi connectivity index (χ0v) is 10.6. The fraction of sp³-hybridized carbons (Fsp3) is 0. The molecule has 2 aromatic carbocycles. The van der Waals surface area contributed by atoms with Crippen LogP contribution in [0.25, 0.3) is 0 Å². The van der Waals surface area contributed by atoms with E-state index in [4.69, 9.17) is 23.3 Å². The second-order valence-corrected chi connectivity index (χ2v) is 4.34. The van der Waals surface area contributed by atoms with E-state index in [1.54, 1.807) is 0 Å². The van der Waals surface area contributed by atoms with E-state index in [-0.39, 0.29) is 0 Å². The second kappa shape index (κ2) is 6.74. The number of rotatable bonds is 2. The molecule has 0 amide bonds. The minimum Gasteiger partial charge on any atom is -0.759 e. The summed E-state index contributed by atoms with van der Waals surface area (Å²) >= 11 is 0. The Labute approximate surface area is 111 Å². The van der Waals surface area contributed by atoms with Gasteiger partial charge in [0.1, 0.15) is 0 Å². The summed E-state index contributed by atoms with van der Waals surface area (Å²) in [6.45, 7) is 0. The number of para-hydroxylation sites is 1. The highest BCUT2D eigenvalue weighted by Gasteiger charge is 1.92. The van der Waals surface area contributed by atoms with Crippen molar-refractivity contribution in [1.82, 2.24) is 0 Å². The van der Waals surface area contributed by atoms with Crippen molar-refractivity contribution in [2.24, 2.45) is 0 Å². The molecule has 7 heteroatoms. The van der Waals surface area contributed by atoms with Gasteiger partial charge in [0.15, 0.2) is 0 Å². The highest BCUT2D eigenvalue weighted by atomic mass is 32.3. The molecule has 0 aliphatic carbocycles. The van der Waals surface area contributed by atoms with Gasteiger partial charge in [-0.05, 0) is 36.4 Å². The third-order valence-electron chi connectivity index (χ3n) is 1.97. The molecule has 0 atom stereocenters. The molecule has 102 valence electrons. The molecule has 0 bridgehead atoms. The van der Waals surface area contributed by atoms with Crippen molar-refractivity contribution in [3.05, 3.63) is 54.6 Å². The molecule has 0 saturated heterocycles. The summed E-state index contributed by atoms with van der Waals surface area (Å²) in [5.74, 6) is 0. The maximum absolute atomic E-state index is 8.52. The lowest BCUT2D eigenvalue weighted by Crippen LogP contribution is -1.91. The average Bonchev–Trinajstić information content (AvgIpc) is 2.31. The van der Waals surface area contributed by atoms with Gasteiger partial charge < -0.3 is 20.2 Å². The minimum absolute atomic E-state index is 0.781. The summed E-state index contributed by atoms with van der Waals surface area (Å²) in [7, 11) is -5.17. The van der Waals surface area contributed by atoms with E-state index in [2.05, 4.69) is 5.32 Å². The number of hydrogen-bond donors (Lipinski definition) is 2. The van der Waals surface area contributed by atoms with Gasteiger partial charge in [-0.1, -0.05) is 18.2 Å². The standard InChI is InChI=1S/C12H12N2.H2O4S/c13-10-6-8-12(9-7-10)14-11-4-2-1-3-5-11;1-5(2,3)4/h1-9,14H,13H2;(H2,1,2,3,4)/p-2. The Bertz CT molecular complexity index is 589. The molecule has 0 aliphatic rings. The molecule has 3 N–H and O–H groups in total. The second-order valence-electron chi connectivity index (χ2n) is 3.52. The molecule has 0 heterocycles. The molecule has 0 aromatic heterocycles. The lowest BCUT2D eigenvalue weighted by Gasteiger charge is -2.06. The van der Waals surface area contributed by atoms with Gasteiger partial charge in [-0.15, -0.1) is 0 Å². The predicted octanol–water partition coefficient (Wildman–Crippen LogP) is 1.67. The van der Waals surface area contributed by atoms with Crippen molar-refractivity contribution in [1.29, 1.82) is 0 Å². The number of anilines is 3. The van der Waals surface area contributed by atoms with Crippen LogP contribution in [-0.2, 0) is 10.4 Å². The first-order valence-electron chi connectivity index (χ1n) is 5.19. The molecule has 0 fully saturated rings. The maximum Gasteiger partial charge on any atom is 0.0385 e. The normalized spacial score (nSPS) is 10.2. The number of hydrogen-bond acceptors (Lipinski definition) is 6. The number of nitrogens with one attached hydrogen (secondary N) is 1. The van der Waals surface area contributed by atoms with Crippen molar-refractivity contribution in [2.75, 3.05) is 11.1 Å². The molecule has 19 heavy (non-hydrogen) atoms. The van der Waals surface area contributed by atoms with Gasteiger partial charge in [0.2, 0.25) is 0 Å². The maximum atomic E-state index is 8.52. The fourth-order valence-electron chi connectivity index (χ4n) is 1.25. The number of benzene rings is 2. The highest BCUT2D eigenvalue weighted by molar-refractivity contribution is 7.79. The lowest BCUT2D eigenvalue weighted by atomic mass is 10.2. The van der Waals surface area contributed by atoms with Crippen molar-refractivity contribution in [3.8, 4) is 0 Å². The van der Waals surface area contributed by atoms with Crippen LogP contribution >= 0.6 is 0 Å². The quantitative estimate of drug-likeness (QED) is 0.490. The van der Waals surface area contributed by atoms with Crippen LogP contribution in [-0.4, -0.2) is 17.5 Å². The van der Waals surface area contributed by atoms with Crippen LogP contribution < -0.4 is 11.1 Å². The first kappa shape index (κ1) is 15.0. The molecule has 0 spiro atoms. The van der Waals surface area contributed by atoms with Crippen LogP contribution in [0.3, 0.4) is 0 Å². The Kier molecular flexibility index (Phi) is 5.31. The Balaban J connectivity index is 0.000000312. The number of nitrogens with two attached hydrogens (primary N) is 1. The molecule has 6 nitrogen and oxygen atoms in total. The van der Waals surface area contributed by atoms with E-state index < -0.39 is 10.4 Å². The van der Waals surface area contributed by atoms with Crippen LogP contribution in [0.1, 0.15) is 0 Å². The van der Waals surface area contributed by atoms with Crippen molar-refractivity contribution in [3.63, 3.8) is 0 Å². The Hall–Kier alpha value is -2.09. The van der Waals surface area contributed by atoms with Gasteiger partial charge >= 0.3 is 0 Å². The lowest BCUT2D eigenvalue weighted by molar-refractivity contribution is 0.352. The smallest absolute Gasteiger partial charge is 0.0385 e. The average molecular weight is 280 g/mol. The SMILES string of the molecule is Nc1ccc(Nc2ccccc2)cc1.O=S(=O)([O-])[O-]. The van der Waals surface area contributed by atoms with Crippen LogP contribution in [0.5, 0.6) is 0 Å². The Morgan fingerprint density at radius 2 is 1.26 bits per heavy atom. The van der Waals surface area contributed by atoms with Crippen molar-refractivity contribution >= 4 is 27.5 Å². The topological polar surface area (TPSA) is 118 Å².